The second-order valence-corrected chi connectivity index (χ2v) is 6.12. The number of hydrogen-bond acceptors (Lipinski definition) is 5. The van der Waals surface area contributed by atoms with Crippen LogP contribution in [-0.2, 0) is 54.0 Å². The molecule has 0 aliphatic heterocycles. The molecule has 0 aromatic carbocycles. The molecule has 0 saturated heterocycles. The van der Waals surface area contributed by atoms with Crippen molar-refractivity contribution in [2.45, 2.75) is 57.8 Å². The minimum Gasteiger partial charge on any atom is -0.793 e. The average Bonchev–Trinajstić information content (AvgIpc) is 2.57. The van der Waals surface area contributed by atoms with Crippen LogP contribution >= 0.6 is 0 Å². The van der Waals surface area contributed by atoms with Gasteiger partial charge >= 0.3 is 22.4 Å². The summed E-state index contributed by atoms with van der Waals surface area (Å²) in [5, 5.41) is 0. The summed E-state index contributed by atoms with van der Waals surface area (Å²) in [7, 11) is 1.67. The van der Waals surface area contributed by atoms with E-state index in [1.165, 1.54) is 51.4 Å². The number of unbranched alkanes of at least 4 members (excludes halogenated alkanes) is 8. The van der Waals surface area contributed by atoms with Crippen molar-refractivity contribution < 1.29 is 41.3 Å². The summed E-state index contributed by atoms with van der Waals surface area (Å²) in [6.07, 6.45) is 11.8. The summed E-state index contributed by atoms with van der Waals surface area (Å²) < 4.78 is 21.2. The van der Waals surface area contributed by atoms with Gasteiger partial charge in [-0.05, 0) is 6.42 Å². The molecule has 0 radical (unpaired) electrons. The number of rotatable bonds is 20. The topological polar surface area (TPSA) is 36.9 Å². The van der Waals surface area contributed by atoms with Crippen molar-refractivity contribution in [2.24, 2.45) is 0 Å². The molecule has 0 rings (SSSR count). The Labute approximate surface area is 170 Å². The van der Waals surface area contributed by atoms with Crippen molar-refractivity contribution in [1.29, 1.82) is 0 Å². The van der Waals surface area contributed by atoms with E-state index in [9.17, 15) is 0 Å². The van der Waals surface area contributed by atoms with E-state index in [-0.39, 0.29) is 22.4 Å². The van der Waals surface area contributed by atoms with Gasteiger partial charge in [0.25, 0.3) is 0 Å². The van der Waals surface area contributed by atoms with E-state index in [1.54, 1.807) is 7.11 Å². The van der Waals surface area contributed by atoms with Crippen LogP contribution in [0.4, 0.5) is 0 Å². The zero-order valence-electron chi connectivity index (χ0n) is 15.4. The van der Waals surface area contributed by atoms with Crippen molar-refractivity contribution in [3.05, 3.63) is 0 Å². The third kappa shape index (κ3) is 25.2. The first-order chi connectivity index (χ1) is 11.4. The molecule has 24 heavy (non-hydrogen) atoms. The molecule has 0 bridgehead atoms. The van der Waals surface area contributed by atoms with Crippen molar-refractivity contribution in [1.82, 2.24) is 0 Å². The first kappa shape index (κ1) is 27.2. The molecule has 0 aliphatic rings. The van der Waals surface area contributed by atoms with Crippen LogP contribution < -0.4 is 0 Å². The molecular weight excluding hydrogens is 509 g/mol. The fourth-order valence-electron chi connectivity index (χ4n) is 2.23. The maximum atomic E-state index is 5.56. The van der Waals surface area contributed by atoms with E-state index < -0.39 is 0 Å². The molecule has 0 aromatic heterocycles. The third-order valence-electron chi connectivity index (χ3n) is 3.61. The molecule has 0 atom stereocenters. The van der Waals surface area contributed by atoms with Gasteiger partial charge in [-0.2, -0.15) is 5.75 Å². The van der Waals surface area contributed by atoms with Gasteiger partial charge in [0.1, 0.15) is 0 Å². The van der Waals surface area contributed by atoms with Gasteiger partial charge < -0.3 is 31.6 Å². The standard InChI is InChI=1S/C18H38O4S.Au/c1-19-12-13-21-16-17-22-15-14-20-11-9-7-5-3-2-4-6-8-10-18-23;/h23H,2-18H2,1H3;/q;+1/p-1. The second kappa shape index (κ2) is 26.2. The van der Waals surface area contributed by atoms with E-state index in [0.717, 1.165) is 18.8 Å². The van der Waals surface area contributed by atoms with E-state index in [1.807, 2.05) is 0 Å². The zero-order valence-corrected chi connectivity index (χ0v) is 18.3. The van der Waals surface area contributed by atoms with Gasteiger partial charge in [-0.25, -0.2) is 0 Å². The van der Waals surface area contributed by atoms with Crippen molar-refractivity contribution in [3.8, 4) is 0 Å². The first-order valence-electron chi connectivity index (χ1n) is 9.22. The third-order valence-corrected chi connectivity index (χ3v) is 3.90. The molecule has 0 spiro atoms. The zero-order chi connectivity index (χ0) is 16.8. The van der Waals surface area contributed by atoms with Crippen molar-refractivity contribution in [2.75, 3.05) is 59.1 Å². The summed E-state index contributed by atoms with van der Waals surface area (Å²) in [6.45, 7) is 4.70. The minimum atomic E-state index is 0. The summed E-state index contributed by atoms with van der Waals surface area (Å²) >= 11 is 4.94. The Morgan fingerprint density at radius 2 is 0.875 bits per heavy atom. The van der Waals surface area contributed by atoms with Crippen LogP contribution in [0.5, 0.6) is 0 Å². The largest absolute Gasteiger partial charge is 1.00 e. The Morgan fingerprint density at radius 1 is 0.500 bits per heavy atom. The smallest absolute Gasteiger partial charge is 0.793 e. The summed E-state index contributed by atoms with van der Waals surface area (Å²) in [5.41, 5.74) is 0. The predicted octanol–water partition coefficient (Wildman–Crippen LogP) is 3.74. The van der Waals surface area contributed by atoms with Gasteiger partial charge in [-0.3, -0.25) is 0 Å². The SMILES string of the molecule is COCCOCCOCCOCCCCCCCCCCC[S-].[Au+]. The molecule has 0 saturated carbocycles. The van der Waals surface area contributed by atoms with Gasteiger partial charge in [0.15, 0.2) is 0 Å². The van der Waals surface area contributed by atoms with Crippen LogP contribution in [-0.4, -0.2) is 59.1 Å². The Morgan fingerprint density at radius 3 is 1.33 bits per heavy atom. The van der Waals surface area contributed by atoms with E-state index in [2.05, 4.69) is 0 Å². The summed E-state index contributed by atoms with van der Waals surface area (Å²) in [5.74, 6) is 0.924. The van der Waals surface area contributed by atoms with Crippen molar-refractivity contribution in [3.63, 3.8) is 0 Å². The molecular formula is C18H37AuO4S. The maximum absolute atomic E-state index is 5.56. The first-order valence-corrected chi connectivity index (χ1v) is 9.79. The molecule has 0 unspecified atom stereocenters. The number of methoxy groups -OCH3 is 1. The van der Waals surface area contributed by atoms with Crippen LogP contribution in [0.2, 0.25) is 0 Å². The molecule has 150 valence electrons. The maximum Gasteiger partial charge on any atom is 1.00 e. The molecule has 0 heterocycles. The fourth-order valence-corrected chi connectivity index (χ4v) is 2.43. The molecule has 0 aliphatic carbocycles. The van der Waals surface area contributed by atoms with Crippen molar-refractivity contribution >= 4 is 12.6 Å². The second-order valence-electron chi connectivity index (χ2n) is 5.72. The van der Waals surface area contributed by atoms with Crippen LogP contribution in [0.25, 0.3) is 0 Å². The quantitative estimate of drug-likeness (QED) is 0.132. The average molecular weight is 547 g/mol. The van der Waals surface area contributed by atoms with Crippen LogP contribution in [0.15, 0.2) is 0 Å². The Bertz CT molecular complexity index is 191. The Kier molecular flexibility index (Phi) is 29.6. The molecule has 0 N–H and O–H groups in total. The van der Waals surface area contributed by atoms with Crippen LogP contribution in [0.3, 0.4) is 0 Å². The summed E-state index contributed by atoms with van der Waals surface area (Å²) in [4.78, 5) is 0. The van der Waals surface area contributed by atoms with Gasteiger partial charge in [0, 0.05) is 13.7 Å². The molecule has 4 nitrogen and oxygen atoms in total. The van der Waals surface area contributed by atoms with Crippen LogP contribution in [0.1, 0.15) is 57.8 Å². The molecule has 0 amide bonds. The number of ether oxygens (including phenoxy) is 4. The van der Waals surface area contributed by atoms with E-state index in [0.29, 0.717) is 39.6 Å². The van der Waals surface area contributed by atoms with E-state index in [4.69, 9.17) is 31.6 Å². The van der Waals surface area contributed by atoms with Crippen LogP contribution in [0, 0.1) is 0 Å². The molecule has 0 fully saturated rings. The Hall–Kier alpha value is 0.930. The molecule has 6 heteroatoms. The fraction of sp³-hybridized carbons (Fsp3) is 1.00. The van der Waals surface area contributed by atoms with Gasteiger partial charge in [0.2, 0.25) is 0 Å². The van der Waals surface area contributed by atoms with Gasteiger partial charge in [-0.1, -0.05) is 51.4 Å². The van der Waals surface area contributed by atoms with E-state index >= 15 is 0 Å². The Balaban J connectivity index is 0. The van der Waals surface area contributed by atoms with Gasteiger partial charge in [0.05, 0.1) is 39.6 Å². The van der Waals surface area contributed by atoms with Gasteiger partial charge in [-0.15, -0.1) is 0 Å². The minimum absolute atomic E-state index is 0. The molecule has 0 aromatic rings. The predicted molar refractivity (Wildman–Crippen MR) is 98.1 cm³/mol. The normalized spacial score (nSPS) is 10.8. The monoisotopic (exact) mass is 546 g/mol. The number of hydrogen-bond donors (Lipinski definition) is 0. The summed E-state index contributed by atoms with van der Waals surface area (Å²) in [6, 6.07) is 0.